The lowest BCUT2D eigenvalue weighted by Crippen LogP contribution is -2.43. The normalized spacial score (nSPS) is 20.8. The minimum atomic E-state index is -4.74. The summed E-state index contributed by atoms with van der Waals surface area (Å²) in [7, 11) is -0.101. The second-order valence-electron chi connectivity index (χ2n) is 10.2. The van der Waals surface area contributed by atoms with Crippen molar-refractivity contribution < 1.29 is 31.1 Å². The third-order valence-corrected chi connectivity index (χ3v) is 7.79. The number of halogens is 3. The molecule has 1 saturated carbocycles. The molecule has 0 unspecified atom stereocenters. The van der Waals surface area contributed by atoms with Gasteiger partial charge in [-0.05, 0) is 70.4 Å². The summed E-state index contributed by atoms with van der Waals surface area (Å²) < 4.78 is 72.6. The molecule has 40 heavy (non-hydrogen) atoms. The number of ether oxygens (including phenoxy) is 1. The van der Waals surface area contributed by atoms with Crippen LogP contribution in [0.3, 0.4) is 0 Å². The smallest absolute Gasteiger partial charge is 0.421 e. The molecule has 220 valence electrons. The first kappa shape index (κ1) is 29.8. The number of anilines is 3. The van der Waals surface area contributed by atoms with Crippen LogP contribution in [-0.2, 0) is 16.2 Å². The van der Waals surface area contributed by atoms with E-state index in [0.717, 1.165) is 32.2 Å². The van der Waals surface area contributed by atoms with Gasteiger partial charge < -0.3 is 25.6 Å². The third kappa shape index (κ3) is 7.73. The minimum Gasteiger partial charge on any atom is -0.495 e. The Hall–Kier alpha value is -3.17. The van der Waals surface area contributed by atoms with Crippen LogP contribution >= 0.6 is 0 Å². The van der Waals surface area contributed by atoms with Gasteiger partial charge in [-0.3, -0.25) is 4.79 Å². The van der Waals surface area contributed by atoms with Crippen molar-refractivity contribution in [2.45, 2.75) is 56.4 Å². The molecule has 2 atom stereocenters. The van der Waals surface area contributed by atoms with Gasteiger partial charge >= 0.3 is 6.18 Å². The lowest BCUT2D eigenvalue weighted by molar-refractivity contribution is -0.137. The Morgan fingerprint density at radius 2 is 1.82 bits per heavy atom. The maximum Gasteiger partial charge on any atom is 0.421 e. The Balaban J connectivity index is 1.53. The molecular weight excluding hydrogens is 551 g/mol. The number of piperidine rings is 1. The number of benzene rings is 1. The molecule has 2 aliphatic rings. The molecule has 1 aromatic carbocycles. The summed E-state index contributed by atoms with van der Waals surface area (Å²) in [6.45, 7) is 1.80. The van der Waals surface area contributed by atoms with Crippen molar-refractivity contribution in [2.75, 3.05) is 44.1 Å². The molecule has 2 fully saturated rings. The predicted octanol–water partition coefficient (Wildman–Crippen LogP) is 2.95. The van der Waals surface area contributed by atoms with Crippen molar-refractivity contribution in [3.05, 3.63) is 35.5 Å². The van der Waals surface area contributed by atoms with Crippen LogP contribution < -0.4 is 25.4 Å². The van der Waals surface area contributed by atoms with Gasteiger partial charge in [0, 0.05) is 29.9 Å². The highest BCUT2D eigenvalue weighted by molar-refractivity contribution is 7.88. The van der Waals surface area contributed by atoms with Crippen LogP contribution in [0.15, 0.2) is 24.4 Å². The van der Waals surface area contributed by atoms with Crippen LogP contribution in [0.25, 0.3) is 0 Å². The van der Waals surface area contributed by atoms with Crippen LogP contribution in [0.1, 0.15) is 48.0 Å². The number of hydrogen-bond acceptors (Lipinski definition) is 9. The van der Waals surface area contributed by atoms with E-state index in [-0.39, 0.29) is 23.6 Å². The average Bonchev–Trinajstić information content (AvgIpc) is 3.29. The number of likely N-dealkylation sites (tertiary alicyclic amines) is 1. The number of amides is 1. The first-order valence-electron chi connectivity index (χ1n) is 12.9. The van der Waals surface area contributed by atoms with Crippen LogP contribution in [0, 0.1) is 0 Å². The van der Waals surface area contributed by atoms with Crippen molar-refractivity contribution in [1.82, 2.24) is 24.9 Å². The van der Waals surface area contributed by atoms with E-state index in [4.69, 9.17) is 4.74 Å². The first-order chi connectivity index (χ1) is 18.8. The molecule has 1 aromatic heterocycles. The topological polar surface area (TPSA) is 138 Å². The lowest BCUT2D eigenvalue weighted by atomic mass is 10.0. The van der Waals surface area contributed by atoms with Crippen molar-refractivity contribution >= 4 is 33.4 Å². The van der Waals surface area contributed by atoms with Crippen molar-refractivity contribution in [3.63, 3.8) is 0 Å². The van der Waals surface area contributed by atoms with Gasteiger partial charge in [-0.2, -0.15) is 18.2 Å². The van der Waals surface area contributed by atoms with Crippen molar-refractivity contribution in [3.8, 4) is 5.75 Å². The minimum absolute atomic E-state index is 0.0751. The molecule has 15 heteroatoms. The Labute approximate surface area is 231 Å². The molecule has 1 aliphatic heterocycles. The fourth-order valence-electron chi connectivity index (χ4n) is 4.96. The molecule has 2 aromatic rings. The van der Waals surface area contributed by atoms with E-state index in [1.807, 2.05) is 7.05 Å². The number of nitrogens with zero attached hydrogens (tertiary/aromatic N) is 3. The van der Waals surface area contributed by atoms with Crippen LogP contribution in [0.4, 0.5) is 30.6 Å². The number of hydrogen-bond donors (Lipinski definition) is 4. The molecule has 0 radical (unpaired) electrons. The molecule has 1 amide bonds. The number of methoxy groups -OCH3 is 1. The van der Waals surface area contributed by atoms with Gasteiger partial charge in [0.05, 0.1) is 19.1 Å². The van der Waals surface area contributed by atoms with Gasteiger partial charge in [0.15, 0.2) is 0 Å². The summed E-state index contributed by atoms with van der Waals surface area (Å²) in [4.78, 5) is 22.9. The Kier molecular flexibility index (Phi) is 9.05. The molecule has 4 N–H and O–H groups in total. The molecule has 1 aliphatic carbocycles. The highest BCUT2D eigenvalue weighted by Crippen LogP contribution is 2.36. The van der Waals surface area contributed by atoms with Crippen LogP contribution in [-0.4, -0.2) is 80.8 Å². The number of nitrogens with one attached hydrogen (secondary N) is 4. The predicted molar refractivity (Wildman–Crippen MR) is 144 cm³/mol. The lowest BCUT2D eigenvalue weighted by Gasteiger charge is -2.29. The average molecular weight is 586 g/mol. The van der Waals surface area contributed by atoms with E-state index in [0.29, 0.717) is 36.7 Å². The second kappa shape index (κ2) is 12.1. The zero-order chi connectivity index (χ0) is 29.1. The fourth-order valence-corrected chi connectivity index (χ4v) is 5.79. The van der Waals surface area contributed by atoms with E-state index in [1.165, 1.54) is 13.2 Å². The third-order valence-electron chi connectivity index (χ3n) is 7.06. The SMILES string of the molecule is COc1cc(C(=O)NC2CCN(C)CC2)ccc1Nc1ncc(C(F)(F)F)c(N[C@@H]2CCC[C@H]2NS(C)(=O)=O)n1. The quantitative estimate of drug-likeness (QED) is 0.350. The molecule has 11 nitrogen and oxygen atoms in total. The Morgan fingerprint density at radius 3 is 2.48 bits per heavy atom. The molecule has 0 spiro atoms. The zero-order valence-corrected chi connectivity index (χ0v) is 23.3. The largest absolute Gasteiger partial charge is 0.495 e. The maximum atomic E-state index is 13.8. The number of aromatic nitrogens is 2. The molecular formula is C25H34F3N7O4S. The van der Waals surface area contributed by atoms with Gasteiger partial charge in [-0.25, -0.2) is 18.1 Å². The van der Waals surface area contributed by atoms with Crippen molar-refractivity contribution in [2.24, 2.45) is 0 Å². The second-order valence-corrected chi connectivity index (χ2v) is 12.0. The van der Waals surface area contributed by atoms with Crippen molar-refractivity contribution in [1.29, 1.82) is 0 Å². The van der Waals surface area contributed by atoms with E-state index >= 15 is 0 Å². The maximum absolute atomic E-state index is 13.8. The number of carbonyl (C=O) groups is 1. The summed E-state index contributed by atoms with van der Waals surface area (Å²) in [6.07, 6.45) is 0.230. The van der Waals surface area contributed by atoms with E-state index in [1.54, 1.807) is 12.1 Å². The van der Waals surface area contributed by atoms with Gasteiger partial charge in [-0.15, -0.1) is 0 Å². The zero-order valence-electron chi connectivity index (χ0n) is 22.5. The molecule has 0 bridgehead atoms. The van der Waals surface area contributed by atoms with E-state index in [9.17, 15) is 26.4 Å². The van der Waals surface area contributed by atoms with Crippen LogP contribution in [0.2, 0.25) is 0 Å². The fraction of sp³-hybridized carbons (Fsp3) is 0.560. The summed E-state index contributed by atoms with van der Waals surface area (Å²) in [5, 5.41) is 8.68. The molecule has 1 saturated heterocycles. The van der Waals surface area contributed by atoms with Gasteiger partial charge in [0.25, 0.3) is 5.91 Å². The Morgan fingerprint density at radius 1 is 1.12 bits per heavy atom. The number of alkyl halides is 3. The summed E-state index contributed by atoms with van der Waals surface area (Å²) in [5.74, 6) is -0.569. The van der Waals surface area contributed by atoms with E-state index < -0.39 is 39.7 Å². The van der Waals surface area contributed by atoms with Gasteiger partial charge in [0.1, 0.15) is 17.1 Å². The summed E-state index contributed by atoms with van der Waals surface area (Å²) >= 11 is 0. The molecule has 2 heterocycles. The monoisotopic (exact) mass is 585 g/mol. The highest BCUT2D eigenvalue weighted by Gasteiger charge is 2.38. The molecule has 4 rings (SSSR count). The Bertz CT molecular complexity index is 1320. The summed E-state index contributed by atoms with van der Waals surface area (Å²) in [6, 6.07) is 3.60. The first-order valence-corrected chi connectivity index (χ1v) is 14.8. The highest BCUT2D eigenvalue weighted by atomic mass is 32.2. The standard InChI is InChI=1S/C25H34F3N7O4S/c1-35-11-9-16(10-12-35)30-23(36)15-7-8-20(21(13-15)39-2)32-24-29-14-17(25(26,27)28)22(33-24)31-18-5-4-6-19(18)34-40(3,37)38/h7-8,13-14,16,18-19,34H,4-6,9-12H2,1-3H3,(H,30,36)(H2,29,31,32,33)/t18-,19-/m1/s1. The number of rotatable bonds is 9. The summed E-state index contributed by atoms with van der Waals surface area (Å²) in [5.41, 5.74) is -0.347. The van der Waals surface area contributed by atoms with Gasteiger partial charge in [-0.1, -0.05) is 0 Å². The number of carbonyl (C=O) groups excluding carboxylic acids is 1. The van der Waals surface area contributed by atoms with Crippen LogP contribution in [0.5, 0.6) is 5.75 Å². The van der Waals surface area contributed by atoms with E-state index in [2.05, 4.69) is 35.5 Å². The number of sulfonamides is 1. The van der Waals surface area contributed by atoms with Gasteiger partial charge in [0.2, 0.25) is 16.0 Å².